The van der Waals surface area contributed by atoms with Crippen LogP contribution < -0.4 is 0 Å². The van der Waals surface area contributed by atoms with Crippen LogP contribution in [-0.4, -0.2) is 56.7 Å². The van der Waals surface area contributed by atoms with Crippen molar-refractivity contribution in [2.45, 2.75) is 38.7 Å². The fourth-order valence-corrected chi connectivity index (χ4v) is 7.61. The molecule has 1 saturated heterocycles. The molecule has 7 nitrogen and oxygen atoms in total. The molecule has 1 fully saturated rings. The molecule has 2 unspecified atom stereocenters. The molecule has 0 aliphatic carbocycles. The largest absolute Gasteiger partial charge is 0.477 e. The van der Waals surface area contributed by atoms with Gasteiger partial charge in [0.15, 0.2) is 0 Å². The Morgan fingerprint density at radius 2 is 1.58 bits per heavy atom. The number of benzene rings is 3. The second-order valence-electron chi connectivity index (χ2n) is 12.0. The number of halogens is 3. The van der Waals surface area contributed by atoms with Crippen LogP contribution in [0, 0.1) is 0 Å². The van der Waals surface area contributed by atoms with Gasteiger partial charge in [-0.1, -0.05) is 54.6 Å². The van der Waals surface area contributed by atoms with Gasteiger partial charge in [0.1, 0.15) is 11.4 Å². The van der Waals surface area contributed by atoms with Gasteiger partial charge in [0.25, 0.3) is 0 Å². The van der Waals surface area contributed by atoms with E-state index in [1.165, 1.54) is 23.5 Å². The van der Waals surface area contributed by atoms with Crippen molar-refractivity contribution in [3.05, 3.63) is 101 Å². The van der Waals surface area contributed by atoms with E-state index >= 15 is 0 Å². The molecule has 1 N–H and O–H groups in total. The summed E-state index contributed by atoms with van der Waals surface area (Å²) < 4.78 is 47.7. The van der Waals surface area contributed by atoms with Crippen molar-refractivity contribution in [2.75, 3.05) is 13.2 Å². The van der Waals surface area contributed by atoms with Gasteiger partial charge in [-0.3, -0.25) is 4.79 Å². The van der Waals surface area contributed by atoms with Gasteiger partial charge in [-0.15, -0.1) is 11.3 Å². The molecule has 1 amide bonds. The van der Waals surface area contributed by atoms with E-state index in [1.807, 2.05) is 77.9 Å². The first-order chi connectivity index (χ1) is 23.0. The lowest BCUT2D eigenvalue weighted by atomic mass is 9.99. The third kappa shape index (κ3) is 5.73. The van der Waals surface area contributed by atoms with Gasteiger partial charge < -0.3 is 19.3 Å². The van der Waals surface area contributed by atoms with Gasteiger partial charge in [-0.05, 0) is 61.4 Å². The Bertz CT molecular complexity index is 2160. The number of rotatable bonds is 6. The highest BCUT2D eigenvalue weighted by Crippen LogP contribution is 2.45. The molecule has 3 aromatic carbocycles. The fraction of sp³-hybridized carbons (Fsp3) is 0.216. The van der Waals surface area contributed by atoms with Gasteiger partial charge in [0.05, 0.1) is 58.0 Å². The number of carbonyl (C=O) groups excluding carboxylic acids is 1. The van der Waals surface area contributed by atoms with E-state index < -0.39 is 17.7 Å². The molecule has 0 spiro atoms. The van der Waals surface area contributed by atoms with E-state index in [2.05, 4.69) is 0 Å². The molecule has 0 saturated carbocycles. The number of carboxylic acids is 1. The normalized spacial score (nSPS) is 16.9. The number of morpholine rings is 1. The van der Waals surface area contributed by atoms with Crippen molar-refractivity contribution in [3.63, 3.8) is 0 Å². The quantitative estimate of drug-likeness (QED) is 0.192. The smallest absolute Gasteiger partial charge is 0.416 e. The van der Waals surface area contributed by atoms with Crippen LogP contribution in [0.1, 0.15) is 29.1 Å². The number of ether oxygens (including phenoxy) is 1. The molecular formula is C37H30F3N3O4S. The van der Waals surface area contributed by atoms with E-state index in [0.717, 1.165) is 44.6 Å². The number of hydrogen-bond donors (Lipinski definition) is 1. The summed E-state index contributed by atoms with van der Waals surface area (Å²) in [4.78, 5) is 32.9. The minimum absolute atomic E-state index is 0.00765. The molecule has 244 valence electrons. The molecule has 7 rings (SSSR count). The molecular weight excluding hydrogens is 639 g/mol. The molecule has 0 bridgehead atoms. The lowest BCUT2D eigenvalue weighted by Crippen LogP contribution is -2.53. The van der Waals surface area contributed by atoms with E-state index in [0.29, 0.717) is 35.5 Å². The van der Waals surface area contributed by atoms with Crippen LogP contribution >= 0.6 is 11.3 Å². The Hall–Kier alpha value is -5.00. The second kappa shape index (κ2) is 12.2. The summed E-state index contributed by atoms with van der Waals surface area (Å²) in [5.41, 5.74) is 4.98. The number of aromatic carboxylic acids is 1. The SMILES string of the molecule is CC1COCC(C)N1C(=O)Cn1c(-c2ccc3nc(-c4ccc(C(F)(F)F)cc4)ccc3c2)c(-c2ccccc2)c2sc(C(=O)O)cc21. The van der Waals surface area contributed by atoms with Crippen molar-refractivity contribution in [2.24, 2.45) is 0 Å². The average Bonchev–Trinajstić information content (AvgIpc) is 3.62. The first-order valence-corrected chi connectivity index (χ1v) is 16.2. The topological polar surface area (TPSA) is 84.7 Å². The third-order valence-electron chi connectivity index (χ3n) is 8.73. The monoisotopic (exact) mass is 669 g/mol. The predicted molar refractivity (Wildman–Crippen MR) is 180 cm³/mol. The molecule has 1 aliphatic rings. The van der Waals surface area contributed by atoms with Crippen LogP contribution in [0.2, 0.25) is 0 Å². The van der Waals surface area contributed by atoms with Crippen LogP contribution in [0.15, 0.2) is 91.0 Å². The Labute approximate surface area is 277 Å². The number of carboxylic acid groups (broad SMARTS) is 1. The van der Waals surface area contributed by atoms with Gasteiger partial charge in [0, 0.05) is 16.5 Å². The summed E-state index contributed by atoms with van der Waals surface area (Å²) in [5, 5.41) is 10.7. The lowest BCUT2D eigenvalue weighted by Gasteiger charge is -2.39. The highest BCUT2D eigenvalue weighted by molar-refractivity contribution is 7.21. The maximum Gasteiger partial charge on any atom is 0.416 e. The summed E-state index contributed by atoms with van der Waals surface area (Å²) in [6, 6.07) is 25.4. The van der Waals surface area contributed by atoms with Crippen molar-refractivity contribution in [3.8, 4) is 33.6 Å². The third-order valence-corrected chi connectivity index (χ3v) is 9.86. The Morgan fingerprint density at radius 1 is 0.896 bits per heavy atom. The Kier molecular flexibility index (Phi) is 8.04. The van der Waals surface area contributed by atoms with E-state index in [4.69, 9.17) is 9.72 Å². The van der Waals surface area contributed by atoms with Crippen molar-refractivity contribution < 1.29 is 32.6 Å². The van der Waals surface area contributed by atoms with Crippen molar-refractivity contribution >= 4 is 44.3 Å². The summed E-state index contributed by atoms with van der Waals surface area (Å²) in [7, 11) is 0. The molecule has 1 aliphatic heterocycles. The van der Waals surface area contributed by atoms with E-state index in [1.54, 1.807) is 12.1 Å². The van der Waals surface area contributed by atoms with Gasteiger partial charge in [-0.25, -0.2) is 9.78 Å². The molecule has 48 heavy (non-hydrogen) atoms. The highest BCUT2D eigenvalue weighted by Gasteiger charge is 2.32. The maximum absolute atomic E-state index is 14.0. The van der Waals surface area contributed by atoms with Crippen LogP contribution in [-0.2, 0) is 22.3 Å². The number of fused-ring (bicyclic) bond motifs is 2. The number of amides is 1. The van der Waals surface area contributed by atoms with E-state index in [9.17, 15) is 27.9 Å². The van der Waals surface area contributed by atoms with Crippen LogP contribution in [0.3, 0.4) is 0 Å². The lowest BCUT2D eigenvalue weighted by molar-refractivity contribution is -0.144. The number of pyridine rings is 1. The number of hydrogen-bond acceptors (Lipinski definition) is 5. The zero-order valence-electron chi connectivity index (χ0n) is 26.0. The molecule has 6 aromatic rings. The van der Waals surface area contributed by atoms with Crippen LogP contribution in [0.5, 0.6) is 0 Å². The zero-order chi connectivity index (χ0) is 33.7. The minimum Gasteiger partial charge on any atom is -0.477 e. The fourth-order valence-electron chi connectivity index (χ4n) is 6.54. The molecule has 0 radical (unpaired) electrons. The molecule has 11 heteroatoms. The van der Waals surface area contributed by atoms with Crippen molar-refractivity contribution in [1.29, 1.82) is 0 Å². The van der Waals surface area contributed by atoms with Crippen molar-refractivity contribution in [1.82, 2.24) is 14.5 Å². The Balaban J connectivity index is 1.38. The summed E-state index contributed by atoms with van der Waals surface area (Å²) in [6.45, 7) is 4.78. The highest BCUT2D eigenvalue weighted by atomic mass is 32.1. The van der Waals surface area contributed by atoms with Crippen LogP contribution in [0.25, 0.3) is 54.8 Å². The first kappa shape index (κ1) is 31.6. The standard InChI is InChI=1S/C37H30F3N3O4S/c1-21-19-47-20-22(2)43(21)32(44)18-42-30-17-31(36(45)46)48-35(30)33(24-6-4-3-5-7-24)34(42)26-11-15-29-25(16-26)10-14-28(41-29)23-8-12-27(13-9-23)37(38,39)40/h3-17,21-22H,18-20H2,1-2H3,(H,45,46). The van der Waals surface area contributed by atoms with Gasteiger partial charge >= 0.3 is 12.1 Å². The average molecular weight is 670 g/mol. The number of alkyl halides is 3. The first-order valence-electron chi connectivity index (χ1n) is 15.4. The number of nitrogens with zero attached hydrogens (tertiary/aromatic N) is 3. The summed E-state index contributed by atoms with van der Waals surface area (Å²) >= 11 is 1.18. The molecule has 2 atom stereocenters. The summed E-state index contributed by atoms with van der Waals surface area (Å²) in [6.07, 6.45) is -4.42. The van der Waals surface area contributed by atoms with E-state index in [-0.39, 0.29) is 29.4 Å². The number of aromatic nitrogens is 2. The minimum atomic E-state index is -4.42. The number of thiophene rings is 1. The van der Waals surface area contributed by atoms with Gasteiger partial charge in [-0.2, -0.15) is 13.2 Å². The molecule has 4 heterocycles. The number of carbonyl (C=O) groups is 2. The maximum atomic E-state index is 14.0. The van der Waals surface area contributed by atoms with Crippen LogP contribution in [0.4, 0.5) is 13.2 Å². The summed E-state index contributed by atoms with van der Waals surface area (Å²) in [5.74, 6) is -1.13. The second-order valence-corrected chi connectivity index (χ2v) is 13.1. The predicted octanol–water partition coefficient (Wildman–Crippen LogP) is 8.60. The van der Waals surface area contributed by atoms with Gasteiger partial charge in [0.2, 0.25) is 5.91 Å². The Morgan fingerprint density at radius 3 is 2.25 bits per heavy atom. The zero-order valence-corrected chi connectivity index (χ0v) is 26.8. The molecule has 3 aromatic heterocycles.